The van der Waals surface area contributed by atoms with Gasteiger partial charge in [-0.05, 0) is 31.0 Å². The summed E-state index contributed by atoms with van der Waals surface area (Å²) in [6, 6.07) is 7.91. The van der Waals surface area contributed by atoms with Crippen LogP contribution in [0.15, 0.2) is 35.2 Å². The van der Waals surface area contributed by atoms with Crippen LogP contribution in [0.5, 0.6) is 0 Å². The van der Waals surface area contributed by atoms with Gasteiger partial charge in [0.15, 0.2) is 0 Å². The lowest BCUT2D eigenvalue weighted by molar-refractivity contribution is 0.0939. The fourth-order valence-corrected chi connectivity index (χ4v) is 6.04. The minimum atomic E-state index is -3.94. The molecular formula is C16H16Cl2N2O3S2. The van der Waals surface area contributed by atoms with E-state index in [-0.39, 0.29) is 36.8 Å². The number of carbonyl (C=O) groups excluding carboxylic acids is 1. The number of sulfonamides is 1. The molecule has 1 heterocycles. The van der Waals surface area contributed by atoms with Crippen LogP contribution in [0.1, 0.15) is 36.0 Å². The first-order chi connectivity index (χ1) is 11.9. The van der Waals surface area contributed by atoms with Crippen molar-refractivity contribution >= 4 is 56.2 Å². The maximum atomic E-state index is 12.6. The third-order valence-corrected chi connectivity index (χ3v) is 7.14. The number of rotatable bonds is 5. The Hall–Kier alpha value is -1.28. The molecule has 134 valence electrons. The van der Waals surface area contributed by atoms with Crippen LogP contribution in [-0.4, -0.2) is 20.4 Å². The van der Waals surface area contributed by atoms with Gasteiger partial charge in [-0.1, -0.05) is 48.2 Å². The number of para-hydroxylation sites is 1. The number of hydrogen-bond donors (Lipinski definition) is 2. The summed E-state index contributed by atoms with van der Waals surface area (Å²) >= 11 is 12.7. The summed E-state index contributed by atoms with van der Waals surface area (Å²) in [6.07, 6.45) is 4.08. The second-order valence-electron chi connectivity index (χ2n) is 5.79. The highest BCUT2D eigenvalue weighted by molar-refractivity contribution is 7.93. The molecule has 1 fully saturated rings. The van der Waals surface area contributed by atoms with Crippen LogP contribution < -0.4 is 10.0 Å². The number of benzene rings is 1. The summed E-state index contributed by atoms with van der Waals surface area (Å²) in [5.41, 5.74) is 0.479. The van der Waals surface area contributed by atoms with Gasteiger partial charge < -0.3 is 5.32 Å². The predicted molar refractivity (Wildman–Crippen MR) is 101 cm³/mol. The monoisotopic (exact) mass is 418 g/mol. The van der Waals surface area contributed by atoms with Crippen LogP contribution in [-0.2, 0) is 10.0 Å². The molecule has 1 amide bonds. The molecule has 1 aromatic heterocycles. The molecule has 2 aromatic rings. The van der Waals surface area contributed by atoms with Gasteiger partial charge in [-0.3, -0.25) is 9.52 Å². The lowest BCUT2D eigenvalue weighted by Gasteiger charge is -2.15. The molecule has 0 bridgehead atoms. The number of thiophene rings is 1. The average molecular weight is 419 g/mol. The lowest BCUT2D eigenvalue weighted by atomic mass is 10.1. The Balaban J connectivity index is 1.85. The first-order valence-electron chi connectivity index (χ1n) is 7.74. The molecule has 1 aliphatic carbocycles. The number of carbonyl (C=O) groups is 1. The minimum Gasteiger partial charge on any atom is -0.349 e. The van der Waals surface area contributed by atoms with Crippen LogP contribution in [0.2, 0.25) is 8.67 Å². The first-order valence-corrected chi connectivity index (χ1v) is 10.8. The largest absolute Gasteiger partial charge is 0.349 e. The van der Waals surface area contributed by atoms with Gasteiger partial charge in [-0.2, -0.15) is 0 Å². The summed E-state index contributed by atoms with van der Waals surface area (Å²) in [6.45, 7) is 0. The van der Waals surface area contributed by atoms with E-state index in [0.29, 0.717) is 0 Å². The van der Waals surface area contributed by atoms with E-state index < -0.39 is 10.0 Å². The Bertz CT molecular complexity index is 891. The van der Waals surface area contributed by atoms with Gasteiger partial charge in [-0.25, -0.2) is 8.42 Å². The molecule has 1 saturated carbocycles. The van der Waals surface area contributed by atoms with Crippen LogP contribution in [0.4, 0.5) is 5.69 Å². The summed E-state index contributed by atoms with van der Waals surface area (Å²) in [7, 11) is -3.94. The normalized spacial score (nSPS) is 15.3. The van der Waals surface area contributed by atoms with Crippen molar-refractivity contribution in [3.63, 3.8) is 0 Å². The summed E-state index contributed by atoms with van der Waals surface area (Å²) in [4.78, 5) is 12.4. The number of hydrogen-bond acceptors (Lipinski definition) is 4. The standard InChI is InChI=1S/C16H16Cl2N2O3S2/c17-14-9-13(15(18)24-14)25(22,23)20-12-8-4-3-7-11(12)16(21)19-10-5-1-2-6-10/h3-4,7-10,20H,1-2,5-6H2,(H,19,21). The third kappa shape index (κ3) is 4.28. The molecule has 1 aliphatic rings. The smallest absolute Gasteiger partial charge is 0.264 e. The molecule has 0 aliphatic heterocycles. The zero-order chi connectivity index (χ0) is 18.0. The highest BCUT2D eigenvalue weighted by Gasteiger charge is 2.24. The second kappa shape index (κ2) is 7.53. The quantitative estimate of drug-likeness (QED) is 0.748. The molecule has 0 radical (unpaired) electrons. The van der Waals surface area contributed by atoms with Crippen LogP contribution in [0.25, 0.3) is 0 Å². The van der Waals surface area contributed by atoms with E-state index in [4.69, 9.17) is 23.2 Å². The summed E-state index contributed by atoms with van der Waals surface area (Å²) in [5.74, 6) is -0.292. The van der Waals surface area contributed by atoms with Crippen LogP contribution in [0, 0.1) is 0 Å². The minimum absolute atomic E-state index is 0.0744. The van der Waals surface area contributed by atoms with Gasteiger partial charge in [0.1, 0.15) is 9.23 Å². The van der Waals surface area contributed by atoms with E-state index in [9.17, 15) is 13.2 Å². The van der Waals surface area contributed by atoms with E-state index >= 15 is 0 Å². The van der Waals surface area contributed by atoms with Crippen molar-refractivity contribution in [2.24, 2.45) is 0 Å². The van der Waals surface area contributed by atoms with Crippen molar-refractivity contribution in [2.45, 2.75) is 36.6 Å². The first kappa shape index (κ1) is 18.5. The van der Waals surface area contributed by atoms with Crippen molar-refractivity contribution in [2.75, 3.05) is 4.72 Å². The average Bonchev–Trinajstić information content (AvgIpc) is 3.17. The van der Waals surface area contributed by atoms with Gasteiger partial charge >= 0.3 is 0 Å². The van der Waals surface area contributed by atoms with Gasteiger partial charge in [0.05, 0.1) is 15.6 Å². The maximum absolute atomic E-state index is 12.6. The topological polar surface area (TPSA) is 75.3 Å². The van der Waals surface area contributed by atoms with Crippen LogP contribution >= 0.6 is 34.5 Å². The number of halogens is 2. The molecule has 0 saturated heterocycles. The highest BCUT2D eigenvalue weighted by atomic mass is 35.5. The second-order valence-corrected chi connectivity index (χ2v) is 9.73. The zero-order valence-corrected chi connectivity index (χ0v) is 16.2. The SMILES string of the molecule is O=C(NC1CCCC1)c1ccccc1NS(=O)(=O)c1cc(Cl)sc1Cl. The van der Waals surface area contributed by atoms with E-state index in [1.54, 1.807) is 24.3 Å². The third-order valence-electron chi connectivity index (χ3n) is 4.02. The number of anilines is 1. The van der Waals surface area contributed by atoms with Crippen molar-refractivity contribution in [3.05, 3.63) is 44.6 Å². The molecule has 5 nitrogen and oxygen atoms in total. The summed E-state index contributed by atoms with van der Waals surface area (Å²) in [5, 5.41) is 2.96. The Morgan fingerprint density at radius 2 is 1.84 bits per heavy atom. The predicted octanol–water partition coefficient (Wildman–Crippen LogP) is 4.53. The van der Waals surface area contributed by atoms with Crippen molar-refractivity contribution < 1.29 is 13.2 Å². The van der Waals surface area contributed by atoms with E-state index in [0.717, 1.165) is 37.0 Å². The lowest BCUT2D eigenvalue weighted by Crippen LogP contribution is -2.33. The van der Waals surface area contributed by atoms with E-state index in [1.165, 1.54) is 6.07 Å². The Morgan fingerprint density at radius 1 is 1.16 bits per heavy atom. The number of amides is 1. The number of nitrogens with one attached hydrogen (secondary N) is 2. The molecular weight excluding hydrogens is 403 g/mol. The zero-order valence-electron chi connectivity index (χ0n) is 13.1. The van der Waals surface area contributed by atoms with E-state index in [2.05, 4.69) is 10.0 Å². The fourth-order valence-electron chi connectivity index (χ4n) is 2.81. The van der Waals surface area contributed by atoms with Gasteiger partial charge in [0, 0.05) is 6.04 Å². The summed E-state index contributed by atoms with van der Waals surface area (Å²) < 4.78 is 27.9. The molecule has 9 heteroatoms. The Kier molecular flexibility index (Phi) is 5.58. The molecule has 0 atom stereocenters. The van der Waals surface area contributed by atoms with Crippen molar-refractivity contribution in [1.82, 2.24) is 5.32 Å². The Morgan fingerprint density at radius 3 is 2.48 bits per heavy atom. The van der Waals surface area contributed by atoms with E-state index in [1.807, 2.05) is 0 Å². The van der Waals surface area contributed by atoms with Gasteiger partial charge in [-0.15, -0.1) is 11.3 Å². The Labute approximate surface area is 160 Å². The van der Waals surface area contributed by atoms with Crippen molar-refractivity contribution in [3.8, 4) is 0 Å². The highest BCUT2D eigenvalue weighted by Crippen LogP contribution is 2.35. The van der Waals surface area contributed by atoms with Gasteiger partial charge in [0.2, 0.25) is 0 Å². The van der Waals surface area contributed by atoms with Crippen LogP contribution in [0.3, 0.4) is 0 Å². The molecule has 25 heavy (non-hydrogen) atoms. The fraction of sp³-hybridized carbons (Fsp3) is 0.312. The van der Waals surface area contributed by atoms with Crippen molar-refractivity contribution in [1.29, 1.82) is 0 Å². The molecule has 0 spiro atoms. The molecule has 1 aromatic carbocycles. The molecule has 0 unspecified atom stereocenters. The van der Waals surface area contributed by atoms with Gasteiger partial charge in [0.25, 0.3) is 15.9 Å². The maximum Gasteiger partial charge on any atom is 0.264 e. The molecule has 2 N–H and O–H groups in total. The molecule has 3 rings (SSSR count).